The van der Waals surface area contributed by atoms with Crippen LogP contribution < -0.4 is 10.2 Å². The molecule has 0 saturated carbocycles. The van der Waals surface area contributed by atoms with E-state index >= 15 is 0 Å². The lowest BCUT2D eigenvalue weighted by atomic mass is 10.1. The minimum atomic E-state index is -0.596. The molecule has 0 aliphatic rings. The molecule has 3 aromatic rings. The molecule has 0 heterocycles. The Labute approximate surface area is 145 Å². The quantitative estimate of drug-likeness (QED) is 0.787. The molecule has 3 rings (SSSR count). The Morgan fingerprint density at radius 1 is 1.12 bits per heavy atom. The number of anilines is 2. The summed E-state index contributed by atoms with van der Waals surface area (Å²) in [4.78, 5) is 14.0. The molecule has 25 heavy (non-hydrogen) atoms. The Kier molecular flexibility index (Phi) is 4.62. The highest BCUT2D eigenvalue weighted by atomic mass is 19.1. The van der Waals surface area contributed by atoms with Crippen LogP contribution in [-0.2, 0) is 4.79 Å². The molecule has 0 bridgehead atoms. The van der Waals surface area contributed by atoms with Gasteiger partial charge >= 0.3 is 0 Å². The maximum Gasteiger partial charge on any atom is 0.243 e. The number of hydrogen-bond donors (Lipinski definition) is 1. The number of likely N-dealkylation sites (N-methyl/N-ethyl adjacent to an activating group) is 1. The second-order valence-corrected chi connectivity index (χ2v) is 5.68. The van der Waals surface area contributed by atoms with Crippen molar-refractivity contribution >= 4 is 28.1 Å². The zero-order chi connectivity index (χ0) is 17.8. The van der Waals surface area contributed by atoms with Crippen molar-refractivity contribution in [2.24, 2.45) is 0 Å². The third kappa shape index (κ3) is 3.43. The van der Waals surface area contributed by atoms with E-state index in [1.807, 2.05) is 48.5 Å². The van der Waals surface area contributed by atoms with E-state index < -0.39 is 5.82 Å². The highest BCUT2D eigenvalue weighted by molar-refractivity contribution is 6.03. The normalized spacial score (nSPS) is 10.3. The molecule has 124 valence electrons. The zero-order valence-electron chi connectivity index (χ0n) is 13.7. The number of benzene rings is 3. The molecule has 1 amide bonds. The Bertz CT molecular complexity index is 973. The molecule has 0 aromatic heterocycles. The SMILES string of the molecule is CN(CC(=O)Nc1cccc2ccccc12)c1cccc(F)c1C#N. The van der Waals surface area contributed by atoms with Gasteiger partial charge < -0.3 is 10.2 Å². The first-order valence-electron chi connectivity index (χ1n) is 7.77. The molecular weight excluding hydrogens is 317 g/mol. The van der Waals surface area contributed by atoms with Gasteiger partial charge in [-0.3, -0.25) is 4.79 Å². The average molecular weight is 333 g/mol. The first-order valence-corrected chi connectivity index (χ1v) is 7.77. The highest BCUT2D eigenvalue weighted by Gasteiger charge is 2.15. The fraction of sp³-hybridized carbons (Fsp3) is 0.100. The molecule has 0 aliphatic carbocycles. The predicted molar refractivity (Wildman–Crippen MR) is 97.0 cm³/mol. The first-order chi connectivity index (χ1) is 12.1. The van der Waals surface area contributed by atoms with Crippen molar-refractivity contribution in [2.45, 2.75) is 0 Å². The summed E-state index contributed by atoms with van der Waals surface area (Å²) in [5.74, 6) is -0.840. The van der Waals surface area contributed by atoms with Crippen molar-refractivity contribution in [1.82, 2.24) is 0 Å². The lowest BCUT2D eigenvalue weighted by Crippen LogP contribution is -2.30. The number of nitriles is 1. The van der Waals surface area contributed by atoms with Crippen molar-refractivity contribution in [3.63, 3.8) is 0 Å². The fourth-order valence-electron chi connectivity index (χ4n) is 2.77. The van der Waals surface area contributed by atoms with Crippen molar-refractivity contribution in [3.05, 3.63) is 72.0 Å². The number of amides is 1. The molecule has 0 fully saturated rings. The number of hydrogen-bond acceptors (Lipinski definition) is 3. The summed E-state index contributed by atoms with van der Waals surface area (Å²) in [5, 5.41) is 14.0. The van der Waals surface area contributed by atoms with Gasteiger partial charge in [-0.1, -0.05) is 42.5 Å². The molecule has 0 unspecified atom stereocenters. The minimum Gasteiger partial charge on any atom is -0.364 e. The summed E-state index contributed by atoms with van der Waals surface area (Å²) in [7, 11) is 1.65. The molecule has 0 spiro atoms. The van der Waals surface area contributed by atoms with Crippen LogP contribution in [0.3, 0.4) is 0 Å². The Hall–Kier alpha value is -3.39. The van der Waals surface area contributed by atoms with Crippen molar-refractivity contribution in [1.29, 1.82) is 5.26 Å². The summed E-state index contributed by atoms with van der Waals surface area (Å²) in [6.45, 7) is 0.00134. The van der Waals surface area contributed by atoms with Gasteiger partial charge in [-0.05, 0) is 23.6 Å². The number of nitrogens with one attached hydrogen (secondary N) is 1. The maximum absolute atomic E-state index is 13.7. The van der Waals surface area contributed by atoms with Crippen LogP contribution in [0.4, 0.5) is 15.8 Å². The second-order valence-electron chi connectivity index (χ2n) is 5.68. The van der Waals surface area contributed by atoms with Crippen LogP contribution in [0.5, 0.6) is 0 Å². The van der Waals surface area contributed by atoms with Crippen LogP contribution in [-0.4, -0.2) is 19.5 Å². The van der Waals surface area contributed by atoms with E-state index in [1.54, 1.807) is 18.0 Å². The molecule has 0 saturated heterocycles. The maximum atomic E-state index is 13.7. The molecule has 0 atom stereocenters. The van der Waals surface area contributed by atoms with Gasteiger partial charge in [0.05, 0.1) is 12.2 Å². The van der Waals surface area contributed by atoms with E-state index in [4.69, 9.17) is 5.26 Å². The van der Waals surface area contributed by atoms with Gasteiger partial charge in [0, 0.05) is 18.1 Å². The summed E-state index contributed by atoms with van der Waals surface area (Å²) in [6, 6.07) is 19.7. The number of carbonyl (C=O) groups excluding carboxylic acids is 1. The van der Waals surface area contributed by atoms with Crippen molar-refractivity contribution in [3.8, 4) is 6.07 Å². The highest BCUT2D eigenvalue weighted by Crippen LogP contribution is 2.24. The molecule has 0 radical (unpaired) electrons. The third-order valence-corrected chi connectivity index (χ3v) is 3.96. The van der Waals surface area contributed by atoms with Crippen molar-refractivity contribution in [2.75, 3.05) is 23.8 Å². The van der Waals surface area contributed by atoms with Gasteiger partial charge in [0.15, 0.2) is 0 Å². The average Bonchev–Trinajstić information content (AvgIpc) is 2.61. The van der Waals surface area contributed by atoms with Crippen molar-refractivity contribution < 1.29 is 9.18 Å². The molecule has 3 aromatic carbocycles. The number of fused-ring (bicyclic) bond motifs is 1. The topological polar surface area (TPSA) is 56.1 Å². The largest absolute Gasteiger partial charge is 0.364 e. The van der Waals surface area contributed by atoms with Crippen LogP contribution in [0.2, 0.25) is 0 Å². The summed E-state index contributed by atoms with van der Waals surface area (Å²) in [5.41, 5.74) is 1.04. The summed E-state index contributed by atoms with van der Waals surface area (Å²) < 4.78 is 13.7. The second kappa shape index (κ2) is 7.02. The Morgan fingerprint density at radius 2 is 1.84 bits per heavy atom. The Morgan fingerprint density at radius 3 is 2.64 bits per heavy atom. The van der Waals surface area contributed by atoms with Crippen LogP contribution in [0.15, 0.2) is 60.7 Å². The molecule has 1 N–H and O–H groups in total. The number of nitrogens with zero attached hydrogens (tertiary/aromatic N) is 2. The smallest absolute Gasteiger partial charge is 0.243 e. The monoisotopic (exact) mass is 333 g/mol. The Balaban J connectivity index is 1.79. The van der Waals surface area contributed by atoms with Gasteiger partial charge in [-0.25, -0.2) is 4.39 Å². The van der Waals surface area contributed by atoms with Crippen LogP contribution in [0.1, 0.15) is 5.56 Å². The van der Waals surface area contributed by atoms with E-state index in [0.29, 0.717) is 5.69 Å². The first kappa shape index (κ1) is 16.5. The molecule has 0 aliphatic heterocycles. The lowest BCUT2D eigenvalue weighted by molar-refractivity contribution is -0.114. The van der Waals surface area contributed by atoms with Crippen LogP contribution >= 0.6 is 0 Å². The van der Waals surface area contributed by atoms with Gasteiger partial charge in [0.1, 0.15) is 17.4 Å². The standard InChI is InChI=1S/C20H16FN3O/c1-24(19-11-5-9-17(21)16(19)12-22)13-20(25)23-18-10-4-7-14-6-2-3-8-15(14)18/h2-11H,13H2,1H3,(H,23,25). The van der Waals surface area contributed by atoms with E-state index in [1.165, 1.54) is 12.1 Å². The van der Waals surface area contributed by atoms with Gasteiger partial charge in [-0.15, -0.1) is 0 Å². The van der Waals surface area contributed by atoms with Gasteiger partial charge in [0.25, 0.3) is 0 Å². The number of carbonyl (C=O) groups is 1. The molecule has 4 nitrogen and oxygen atoms in total. The van der Waals surface area contributed by atoms with E-state index in [2.05, 4.69) is 5.32 Å². The van der Waals surface area contributed by atoms with Crippen LogP contribution in [0.25, 0.3) is 10.8 Å². The zero-order valence-corrected chi connectivity index (χ0v) is 13.7. The number of halogens is 1. The minimum absolute atomic E-state index is 0.00134. The third-order valence-electron chi connectivity index (χ3n) is 3.96. The summed E-state index contributed by atoms with van der Waals surface area (Å²) in [6.07, 6.45) is 0. The molecule has 5 heteroatoms. The van der Waals surface area contributed by atoms with E-state index in [-0.39, 0.29) is 18.0 Å². The molecular formula is C20H16FN3O. The lowest BCUT2D eigenvalue weighted by Gasteiger charge is -2.20. The van der Waals surface area contributed by atoms with E-state index in [9.17, 15) is 9.18 Å². The van der Waals surface area contributed by atoms with E-state index in [0.717, 1.165) is 16.5 Å². The van der Waals surface area contributed by atoms with Gasteiger partial charge in [0.2, 0.25) is 5.91 Å². The fourth-order valence-corrected chi connectivity index (χ4v) is 2.77. The predicted octanol–water partition coefficient (Wildman–Crippen LogP) is 3.93. The van der Waals surface area contributed by atoms with Gasteiger partial charge in [-0.2, -0.15) is 5.26 Å². The van der Waals surface area contributed by atoms with Crippen LogP contribution in [0, 0.1) is 17.1 Å². The summed E-state index contributed by atoms with van der Waals surface area (Å²) >= 11 is 0. The number of rotatable bonds is 4.